The Labute approximate surface area is 105 Å². The first-order valence-corrected chi connectivity index (χ1v) is 6.36. The molecule has 0 spiro atoms. The van der Waals surface area contributed by atoms with E-state index in [1.807, 2.05) is 24.3 Å². The van der Waals surface area contributed by atoms with Gasteiger partial charge in [0.05, 0.1) is 0 Å². The molecule has 0 aliphatic heterocycles. The Kier molecular flexibility index (Phi) is 3.59. The van der Waals surface area contributed by atoms with Crippen LogP contribution in [0.15, 0.2) is 52.3 Å². The van der Waals surface area contributed by atoms with Gasteiger partial charge in [0.2, 0.25) is 0 Å². The minimum absolute atomic E-state index is 0.293. The van der Waals surface area contributed by atoms with Crippen molar-refractivity contribution in [2.45, 2.75) is 23.1 Å². The number of hydrogen-bond donors (Lipinski definition) is 2. The fraction of sp³-hybridized carbons (Fsp3) is 0.143. The third-order valence-electron chi connectivity index (χ3n) is 2.57. The van der Waals surface area contributed by atoms with Gasteiger partial charge in [-0.25, -0.2) is 0 Å². The lowest BCUT2D eigenvalue weighted by atomic mass is 10.1. The molecule has 0 heterocycles. The van der Waals surface area contributed by atoms with Gasteiger partial charge in [-0.1, -0.05) is 18.7 Å². The predicted molar refractivity (Wildman–Crippen MR) is 72.5 cm³/mol. The van der Waals surface area contributed by atoms with Gasteiger partial charge in [-0.3, -0.25) is 0 Å². The second-order valence-corrected chi connectivity index (χ2v) is 4.96. The normalized spacial score (nSPS) is 10.4. The van der Waals surface area contributed by atoms with Crippen molar-refractivity contribution in [2.75, 3.05) is 5.73 Å². The first-order chi connectivity index (χ1) is 8.19. The highest BCUT2D eigenvalue weighted by Crippen LogP contribution is 2.30. The van der Waals surface area contributed by atoms with E-state index < -0.39 is 0 Å². The number of rotatable bonds is 3. The molecule has 0 saturated heterocycles. The molecule has 0 saturated carbocycles. The molecular weight excluding hydrogens is 230 g/mol. The Morgan fingerprint density at radius 2 is 1.71 bits per heavy atom. The van der Waals surface area contributed by atoms with Crippen LogP contribution in [0.3, 0.4) is 0 Å². The van der Waals surface area contributed by atoms with Crippen LogP contribution < -0.4 is 5.73 Å². The van der Waals surface area contributed by atoms with E-state index >= 15 is 0 Å². The van der Waals surface area contributed by atoms with Crippen molar-refractivity contribution in [2.24, 2.45) is 0 Å². The number of phenolic OH excluding ortho intramolecular Hbond substituents is 1. The van der Waals surface area contributed by atoms with E-state index in [2.05, 4.69) is 13.0 Å². The van der Waals surface area contributed by atoms with Gasteiger partial charge in [0, 0.05) is 15.5 Å². The summed E-state index contributed by atoms with van der Waals surface area (Å²) in [6.07, 6.45) is 0.940. The summed E-state index contributed by atoms with van der Waals surface area (Å²) in [6, 6.07) is 13.3. The first kappa shape index (κ1) is 11.9. The lowest BCUT2D eigenvalue weighted by Crippen LogP contribution is -1.92. The van der Waals surface area contributed by atoms with E-state index in [-0.39, 0.29) is 0 Å². The van der Waals surface area contributed by atoms with E-state index in [1.54, 1.807) is 23.9 Å². The zero-order chi connectivity index (χ0) is 12.3. The molecule has 2 rings (SSSR count). The van der Waals surface area contributed by atoms with Gasteiger partial charge < -0.3 is 10.8 Å². The molecule has 0 bridgehead atoms. The van der Waals surface area contributed by atoms with E-state index in [4.69, 9.17) is 5.73 Å². The monoisotopic (exact) mass is 245 g/mol. The van der Waals surface area contributed by atoms with Crippen molar-refractivity contribution >= 4 is 17.4 Å². The van der Waals surface area contributed by atoms with Gasteiger partial charge in [-0.2, -0.15) is 0 Å². The standard InChI is InChI=1S/C14H15NOS/c1-2-10-9-13(7-8-14(10)15)17-12-5-3-11(16)4-6-12/h3-9,16H,2,15H2,1H3. The molecular formula is C14H15NOS. The molecule has 0 fully saturated rings. The number of aromatic hydroxyl groups is 1. The number of nitrogen functional groups attached to an aromatic ring is 1. The summed E-state index contributed by atoms with van der Waals surface area (Å²) in [5, 5.41) is 9.22. The maximum absolute atomic E-state index is 9.22. The third-order valence-corrected chi connectivity index (χ3v) is 3.57. The van der Waals surface area contributed by atoms with Crippen LogP contribution in [0.4, 0.5) is 5.69 Å². The molecule has 17 heavy (non-hydrogen) atoms. The molecule has 2 nitrogen and oxygen atoms in total. The molecule has 0 aliphatic rings. The van der Waals surface area contributed by atoms with Crippen LogP contribution in [0.5, 0.6) is 5.75 Å². The third kappa shape index (κ3) is 2.94. The highest BCUT2D eigenvalue weighted by atomic mass is 32.2. The van der Waals surface area contributed by atoms with E-state index in [9.17, 15) is 5.11 Å². The number of aryl methyl sites for hydroxylation is 1. The van der Waals surface area contributed by atoms with Crippen molar-refractivity contribution in [1.82, 2.24) is 0 Å². The Bertz CT molecular complexity index is 508. The van der Waals surface area contributed by atoms with Crippen molar-refractivity contribution in [3.05, 3.63) is 48.0 Å². The average Bonchev–Trinajstić information content (AvgIpc) is 2.34. The smallest absolute Gasteiger partial charge is 0.115 e. The number of phenols is 1. The summed E-state index contributed by atoms with van der Waals surface area (Å²) in [6.45, 7) is 2.10. The quantitative estimate of drug-likeness (QED) is 0.811. The fourth-order valence-corrected chi connectivity index (χ4v) is 2.48. The highest BCUT2D eigenvalue weighted by Gasteiger charge is 2.01. The molecule has 3 heteroatoms. The minimum atomic E-state index is 0.293. The Hall–Kier alpha value is -1.61. The zero-order valence-electron chi connectivity index (χ0n) is 9.68. The summed E-state index contributed by atoms with van der Waals surface area (Å²) >= 11 is 1.67. The molecule has 0 aliphatic carbocycles. The maximum Gasteiger partial charge on any atom is 0.115 e. The van der Waals surface area contributed by atoms with Crippen LogP contribution in [0.2, 0.25) is 0 Å². The first-order valence-electron chi connectivity index (χ1n) is 5.54. The molecule has 0 amide bonds. The maximum atomic E-state index is 9.22. The molecule has 88 valence electrons. The van der Waals surface area contributed by atoms with Crippen LogP contribution in [0, 0.1) is 0 Å². The second-order valence-electron chi connectivity index (χ2n) is 3.81. The van der Waals surface area contributed by atoms with E-state index in [0.29, 0.717) is 5.75 Å². The molecule has 2 aromatic carbocycles. The molecule has 2 aromatic rings. The van der Waals surface area contributed by atoms with Gasteiger partial charge >= 0.3 is 0 Å². The minimum Gasteiger partial charge on any atom is -0.508 e. The van der Waals surface area contributed by atoms with Gasteiger partial charge in [0.25, 0.3) is 0 Å². The Morgan fingerprint density at radius 3 is 2.35 bits per heavy atom. The van der Waals surface area contributed by atoms with Crippen molar-refractivity contribution < 1.29 is 5.11 Å². The summed E-state index contributed by atoms with van der Waals surface area (Å²) < 4.78 is 0. The molecule has 0 unspecified atom stereocenters. The zero-order valence-corrected chi connectivity index (χ0v) is 10.5. The fourth-order valence-electron chi connectivity index (χ4n) is 1.60. The number of anilines is 1. The summed E-state index contributed by atoms with van der Waals surface area (Å²) in [4.78, 5) is 2.27. The van der Waals surface area contributed by atoms with E-state index in [1.165, 1.54) is 10.5 Å². The van der Waals surface area contributed by atoms with Crippen LogP contribution in [0.1, 0.15) is 12.5 Å². The van der Waals surface area contributed by atoms with E-state index in [0.717, 1.165) is 17.0 Å². The number of benzene rings is 2. The van der Waals surface area contributed by atoms with Crippen molar-refractivity contribution in [3.63, 3.8) is 0 Å². The largest absolute Gasteiger partial charge is 0.508 e. The second kappa shape index (κ2) is 5.15. The highest BCUT2D eigenvalue weighted by molar-refractivity contribution is 7.99. The van der Waals surface area contributed by atoms with Crippen LogP contribution in [-0.2, 0) is 6.42 Å². The lowest BCUT2D eigenvalue weighted by molar-refractivity contribution is 0.475. The summed E-state index contributed by atoms with van der Waals surface area (Å²) in [5.74, 6) is 0.293. The Morgan fingerprint density at radius 1 is 1.06 bits per heavy atom. The topological polar surface area (TPSA) is 46.2 Å². The van der Waals surface area contributed by atoms with Crippen LogP contribution >= 0.6 is 11.8 Å². The summed E-state index contributed by atoms with van der Waals surface area (Å²) in [5.41, 5.74) is 7.90. The van der Waals surface area contributed by atoms with Crippen molar-refractivity contribution in [1.29, 1.82) is 0 Å². The average molecular weight is 245 g/mol. The predicted octanol–water partition coefficient (Wildman–Crippen LogP) is 3.69. The number of nitrogens with two attached hydrogens (primary N) is 1. The van der Waals surface area contributed by atoms with Gasteiger partial charge in [0.1, 0.15) is 5.75 Å². The molecule has 0 radical (unpaired) electrons. The van der Waals surface area contributed by atoms with Crippen LogP contribution in [-0.4, -0.2) is 5.11 Å². The molecule has 0 aromatic heterocycles. The van der Waals surface area contributed by atoms with Gasteiger partial charge in [-0.05, 0) is 54.4 Å². The number of hydrogen-bond acceptors (Lipinski definition) is 3. The Balaban J connectivity index is 2.21. The van der Waals surface area contributed by atoms with Crippen molar-refractivity contribution in [3.8, 4) is 5.75 Å². The molecule has 0 atom stereocenters. The summed E-state index contributed by atoms with van der Waals surface area (Å²) in [7, 11) is 0. The van der Waals surface area contributed by atoms with Gasteiger partial charge in [-0.15, -0.1) is 0 Å². The lowest BCUT2D eigenvalue weighted by Gasteiger charge is -2.06. The van der Waals surface area contributed by atoms with Gasteiger partial charge in [0.15, 0.2) is 0 Å². The molecule has 3 N–H and O–H groups in total. The SMILES string of the molecule is CCc1cc(Sc2ccc(O)cc2)ccc1N. The van der Waals surface area contributed by atoms with Crippen LogP contribution in [0.25, 0.3) is 0 Å².